The van der Waals surface area contributed by atoms with Gasteiger partial charge in [-0.25, -0.2) is 19.2 Å². The minimum Gasteiger partial charge on any atom is -0.481 e. The number of nitrogens with two attached hydrogens (primary N) is 1. The van der Waals surface area contributed by atoms with Crippen LogP contribution in [0.15, 0.2) is 47.8 Å². The van der Waals surface area contributed by atoms with Crippen molar-refractivity contribution < 1.29 is 69.8 Å². The monoisotopic (exact) mass is 919 g/mol. The number of pyridine rings is 1. The van der Waals surface area contributed by atoms with Crippen LogP contribution < -0.4 is 30.6 Å². The van der Waals surface area contributed by atoms with Crippen molar-refractivity contribution in [2.45, 2.75) is 11.2 Å². The SMILES string of the molecule is COc1cc(OC)nc(NC(=O)NS(=O)(=O)c2ncccc2C(=O)N(C)C)n1.Nc1c([N+](=O)[O-])cnn1-c1c(Cl)cc(C(F)(F)F)cc1Cl.O=C(O)CNCP(=O)(O)O. The zero-order valence-electron chi connectivity index (χ0n) is 30.3. The molecule has 4 rings (SSSR count). The van der Waals surface area contributed by atoms with Gasteiger partial charge in [-0.1, -0.05) is 23.2 Å². The lowest BCUT2D eigenvalue weighted by Gasteiger charge is -2.14. The molecule has 0 aliphatic rings. The van der Waals surface area contributed by atoms with Crippen molar-refractivity contribution in [3.8, 4) is 17.4 Å². The van der Waals surface area contributed by atoms with Gasteiger partial charge in [0.1, 0.15) is 11.9 Å². The number of halogens is 5. The van der Waals surface area contributed by atoms with E-state index in [0.717, 1.165) is 10.9 Å². The van der Waals surface area contributed by atoms with E-state index in [1.807, 2.05) is 0 Å². The molecule has 322 valence electrons. The highest BCUT2D eigenvalue weighted by Gasteiger charge is 2.33. The molecule has 0 fully saturated rings. The predicted octanol–water partition coefficient (Wildman–Crippen LogP) is 2.59. The van der Waals surface area contributed by atoms with Crippen LogP contribution in [0, 0.1) is 10.1 Å². The number of aromatic nitrogens is 5. The lowest BCUT2D eigenvalue weighted by Crippen LogP contribution is -2.36. The van der Waals surface area contributed by atoms with Crippen LogP contribution in [-0.4, -0.2) is 117 Å². The maximum absolute atomic E-state index is 12.6. The summed E-state index contributed by atoms with van der Waals surface area (Å²) in [6, 6.07) is 4.17. The number of rotatable bonds is 12. The van der Waals surface area contributed by atoms with Crippen molar-refractivity contribution in [3.05, 3.63) is 74.0 Å². The molecule has 0 aliphatic heterocycles. The van der Waals surface area contributed by atoms with E-state index in [-0.39, 0.29) is 39.0 Å². The number of carboxylic acids is 1. The van der Waals surface area contributed by atoms with E-state index in [4.69, 9.17) is 53.3 Å². The number of sulfonamides is 1. The van der Waals surface area contributed by atoms with Crippen molar-refractivity contribution in [1.82, 2.24) is 39.7 Å². The second kappa shape index (κ2) is 20.7. The summed E-state index contributed by atoms with van der Waals surface area (Å²) >= 11 is 11.5. The molecule has 59 heavy (non-hydrogen) atoms. The highest BCUT2D eigenvalue weighted by Crippen LogP contribution is 2.39. The lowest BCUT2D eigenvalue weighted by atomic mass is 10.2. The summed E-state index contributed by atoms with van der Waals surface area (Å²) in [5.74, 6) is -2.21. The minimum absolute atomic E-state index is 0.0913. The number of nitrogens with one attached hydrogen (secondary N) is 3. The Morgan fingerprint density at radius 1 is 1.08 bits per heavy atom. The molecule has 4 aromatic rings. The van der Waals surface area contributed by atoms with Crippen molar-refractivity contribution in [3.63, 3.8) is 0 Å². The Morgan fingerprint density at radius 3 is 2.08 bits per heavy atom. The average Bonchev–Trinajstić information content (AvgIpc) is 3.50. The van der Waals surface area contributed by atoms with E-state index in [0.29, 0.717) is 12.1 Å². The van der Waals surface area contributed by atoms with Gasteiger partial charge in [-0.3, -0.25) is 34.9 Å². The largest absolute Gasteiger partial charge is 0.481 e. The Bertz CT molecular complexity index is 2310. The molecule has 0 atom stereocenters. The van der Waals surface area contributed by atoms with Gasteiger partial charge in [-0.15, -0.1) is 0 Å². The highest BCUT2D eigenvalue weighted by molar-refractivity contribution is 7.90. The first-order valence-electron chi connectivity index (χ1n) is 15.2. The number of hydrogen-bond donors (Lipinski definition) is 7. The van der Waals surface area contributed by atoms with Gasteiger partial charge in [0.2, 0.25) is 23.5 Å². The molecule has 0 aliphatic carbocycles. The number of nitro groups is 1. The van der Waals surface area contributed by atoms with Gasteiger partial charge in [0.05, 0.1) is 59.2 Å². The van der Waals surface area contributed by atoms with Gasteiger partial charge in [0.15, 0.2) is 5.03 Å². The molecule has 0 saturated carbocycles. The molecule has 3 heterocycles. The summed E-state index contributed by atoms with van der Waals surface area (Å²) in [5.41, 5.74) is 3.59. The third kappa shape index (κ3) is 14.8. The van der Waals surface area contributed by atoms with Crippen LogP contribution >= 0.6 is 30.8 Å². The third-order valence-electron chi connectivity index (χ3n) is 6.34. The van der Waals surface area contributed by atoms with Crippen LogP contribution in [0.3, 0.4) is 0 Å². The number of aliphatic carboxylic acids is 1. The average molecular weight is 921 g/mol. The van der Waals surface area contributed by atoms with E-state index in [1.165, 1.54) is 57.6 Å². The van der Waals surface area contributed by atoms with E-state index in [9.17, 15) is 50.7 Å². The summed E-state index contributed by atoms with van der Waals surface area (Å²) in [4.78, 5) is 73.0. The molecule has 0 radical (unpaired) electrons. The highest BCUT2D eigenvalue weighted by atomic mass is 35.5. The topological polar surface area (TPSA) is 347 Å². The standard InChI is InChI=1S/C15H18N6O6S.C10H5Cl2F3N4O2.C3H8NO5P/c1-21(2)13(22)9-6-5-7-16-12(9)28(24,25)20-15(23)19-14-17-10(26-3)8-11(18-14)27-4;11-5-1-4(10(13,14)15)2-6(12)8(5)18-9(16)7(3-17-18)19(20)21;5-3(6)1-4-2-10(7,8)9/h5-8H,1-4H3,(H2,17,18,19,20,23);1-3H,16H2;4H,1-2H2,(H,5,6)(H2,7,8,9). The summed E-state index contributed by atoms with van der Waals surface area (Å²) in [7, 11) is -2.94. The molecule has 3 aromatic heterocycles. The molecule has 31 heteroatoms. The number of carbonyl (C=O) groups is 3. The number of nitrogen functional groups attached to an aromatic ring is 1. The normalized spacial score (nSPS) is 11.2. The molecule has 8 N–H and O–H groups in total. The number of ether oxygens (including phenoxy) is 2. The Morgan fingerprint density at radius 2 is 1.64 bits per heavy atom. The fourth-order valence-corrected chi connectivity index (χ4v) is 5.97. The number of alkyl halides is 3. The number of methoxy groups -OCH3 is 2. The summed E-state index contributed by atoms with van der Waals surface area (Å²) in [5, 5.41) is 25.1. The quantitative estimate of drug-likeness (QED) is 0.0610. The Kier molecular flexibility index (Phi) is 17.3. The van der Waals surface area contributed by atoms with Crippen molar-refractivity contribution in [2.24, 2.45) is 0 Å². The second-order valence-corrected chi connectivity index (χ2v) is 15.0. The first kappa shape index (κ1) is 49.2. The van der Waals surface area contributed by atoms with Gasteiger partial charge in [0, 0.05) is 20.3 Å². The van der Waals surface area contributed by atoms with Crippen LogP contribution in [0.25, 0.3) is 5.69 Å². The van der Waals surface area contributed by atoms with Crippen molar-refractivity contribution in [2.75, 3.05) is 52.2 Å². The number of benzene rings is 1. The van der Waals surface area contributed by atoms with Crippen LogP contribution in [0.4, 0.5) is 35.4 Å². The molecule has 1 aromatic carbocycles. The fraction of sp³-hybridized carbons (Fsp3) is 0.250. The Hall–Kier alpha value is -5.90. The predicted molar refractivity (Wildman–Crippen MR) is 199 cm³/mol. The minimum atomic E-state index is -4.63. The molecule has 0 bridgehead atoms. The zero-order valence-corrected chi connectivity index (χ0v) is 33.6. The van der Waals surface area contributed by atoms with Gasteiger partial charge >= 0.3 is 31.5 Å². The smallest absolute Gasteiger partial charge is 0.416 e. The first-order valence-corrected chi connectivity index (χ1v) is 19.2. The third-order valence-corrected chi connectivity index (χ3v) is 8.85. The number of nitrogens with zero attached hydrogens (tertiary/aromatic N) is 7. The number of urea groups is 1. The number of anilines is 2. The summed E-state index contributed by atoms with van der Waals surface area (Å²) in [6.45, 7) is -0.439. The van der Waals surface area contributed by atoms with Gasteiger partial charge in [-0.2, -0.15) is 36.7 Å². The first-order chi connectivity index (χ1) is 27.2. The molecular weight excluding hydrogens is 889 g/mol. The summed E-state index contributed by atoms with van der Waals surface area (Å²) in [6.07, 6.45) is -3.19. The Balaban J connectivity index is 0.000000340. The van der Waals surface area contributed by atoms with Crippen LogP contribution in [0.5, 0.6) is 11.8 Å². The van der Waals surface area contributed by atoms with E-state index < -0.39 is 81.6 Å². The molecular formula is C28H31Cl2F3N11O13PS. The molecule has 24 nitrogen and oxygen atoms in total. The number of carboxylic acid groups (broad SMARTS) is 1. The second-order valence-electron chi connectivity index (χ2n) is 10.9. The van der Waals surface area contributed by atoms with Gasteiger partial charge in [0.25, 0.3) is 15.9 Å². The molecule has 0 unspecified atom stereocenters. The fourth-order valence-electron chi connectivity index (χ4n) is 3.88. The number of amides is 3. The van der Waals surface area contributed by atoms with Gasteiger partial charge in [-0.05, 0) is 24.3 Å². The van der Waals surface area contributed by atoms with Crippen LogP contribution in [0.2, 0.25) is 10.0 Å². The van der Waals surface area contributed by atoms with E-state index in [1.54, 1.807) is 4.72 Å². The van der Waals surface area contributed by atoms with Crippen molar-refractivity contribution >= 4 is 76.2 Å². The van der Waals surface area contributed by atoms with Crippen molar-refractivity contribution in [1.29, 1.82) is 0 Å². The molecule has 3 amide bonds. The van der Waals surface area contributed by atoms with Gasteiger partial charge < -0.3 is 35.0 Å². The zero-order chi connectivity index (χ0) is 45.0. The molecule has 0 saturated heterocycles. The number of hydrogen-bond acceptors (Lipinski definition) is 16. The number of carbonyl (C=O) groups excluding carboxylic acids is 2. The lowest BCUT2D eigenvalue weighted by molar-refractivity contribution is -0.383. The van der Waals surface area contributed by atoms with E-state index >= 15 is 0 Å². The Labute approximate surface area is 339 Å². The summed E-state index contributed by atoms with van der Waals surface area (Å²) < 4.78 is 85.4. The van der Waals surface area contributed by atoms with E-state index in [2.05, 4.69) is 30.7 Å². The maximum atomic E-state index is 12.6. The van der Waals surface area contributed by atoms with Crippen LogP contribution in [-0.2, 0) is 25.6 Å². The molecule has 0 spiro atoms. The maximum Gasteiger partial charge on any atom is 0.416 e. The van der Waals surface area contributed by atoms with Crippen LogP contribution in [0.1, 0.15) is 15.9 Å².